The minimum atomic E-state index is -0.476. The Morgan fingerprint density at radius 1 is 1.27 bits per heavy atom. The zero-order valence-electron chi connectivity index (χ0n) is 6.79. The summed E-state index contributed by atoms with van der Waals surface area (Å²) in [6.07, 6.45) is 1.12. The Labute approximate surface area is 65.7 Å². The summed E-state index contributed by atoms with van der Waals surface area (Å²) in [5.41, 5.74) is 0. The first-order valence-corrected chi connectivity index (χ1v) is 3.94. The van der Waals surface area contributed by atoms with Crippen molar-refractivity contribution >= 4 is 5.78 Å². The Balaban J connectivity index is 2.09. The van der Waals surface area contributed by atoms with Crippen LogP contribution in [0.4, 0.5) is 0 Å². The number of rotatable bonds is 0. The molecule has 1 aliphatic carbocycles. The van der Waals surface area contributed by atoms with Gasteiger partial charge in [0.25, 0.3) is 0 Å². The van der Waals surface area contributed by atoms with E-state index in [0.29, 0.717) is 12.8 Å². The van der Waals surface area contributed by atoms with Crippen molar-refractivity contribution in [1.82, 2.24) is 0 Å². The van der Waals surface area contributed by atoms with Gasteiger partial charge in [0, 0.05) is 12.8 Å². The van der Waals surface area contributed by atoms with Gasteiger partial charge in [0.15, 0.2) is 5.79 Å². The lowest BCUT2D eigenvalue weighted by Crippen LogP contribution is -2.22. The van der Waals surface area contributed by atoms with Crippen LogP contribution < -0.4 is 0 Å². The normalized spacial score (nSPS) is 41.1. The number of carbonyl (C=O) groups is 1. The number of carbonyl (C=O) groups excluding carboxylic acids is 1. The Morgan fingerprint density at radius 2 is 1.73 bits per heavy atom. The van der Waals surface area contributed by atoms with Gasteiger partial charge in [-0.1, -0.05) is 0 Å². The minimum Gasteiger partial charge on any atom is -0.344 e. The fraction of sp³-hybridized carbons (Fsp3) is 0.875. The van der Waals surface area contributed by atoms with E-state index >= 15 is 0 Å². The highest BCUT2D eigenvalue weighted by molar-refractivity contribution is 5.82. The van der Waals surface area contributed by atoms with E-state index in [0.717, 1.165) is 0 Å². The molecule has 0 N–H and O–H groups in total. The smallest absolute Gasteiger partial charge is 0.163 e. The molecular formula is C8H12O3. The van der Waals surface area contributed by atoms with E-state index in [1.807, 2.05) is 13.8 Å². The molecule has 62 valence electrons. The van der Waals surface area contributed by atoms with Gasteiger partial charge in [-0.3, -0.25) is 4.79 Å². The van der Waals surface area contributed by atoms with Gasteiger partial charge < -0.3 is 9.47 Å². The third-order valence-corrected chi connectivity index (χ3v) is 2.14. The lowest BCUT2D eigenvalue weighted by Gasteiger charge is -2.17. The van der Waals surface area contributed by atoms with E-state index in [9.17, 15) is 4.79 Å². The summed E-state index contributed by atoms with van der Waals surface area (Å²) in [7, 11) is 0. The summed E-state index contributed by atoms with van der Waals surface area (Å²) in [4.78, 5) is 10.9. The van der Waals surface area contributed by atoms with Crippen LogP contribution in [0.3, 0.4) is 0 Å². The SMILES string of the molecule is CC1(C)OC2CC(=O)CC2O1. The highest BCUT2D eigenvalue weighted by Gasteiger charge is 2.46. The van der Waals surface area contributed by atoms with Crippen LogP contribution in [0.2, 0.25) is 0 Å². The largest absolute Gasteiger partial charge is 0.344 e. The van der Waals surface area contributed by atoms with Crippen molar-refractivity contribution in [3.05, 3.63) is 0 Å². The molecular weight excluding hydrogens is 144 g/mol. The molecule has 0 aromatic carbocycles. The monoisotopic (exact) mass is 156 g/mol. The number of fused-ring (bicyclic) bond motifs is 1. The molecule has 1 saturated carbocycles. The van der Waals surface area contributed by atoms with E-state index in [1.165, 1.54) is 0 Å². The van der Waals surface area contributed by atoms with E-state index in [2.05, 4.69) is 0 Å². The summed E-state index contributed by atoms with van der Waals surface area (Å²) in [5.74, 6) is -0.216. The van der Waals surface area contributed by atoms with Crippen LogP contribution in [-0.2, 0) is 14.3 Å². The third kappa shape index (κ3) is 1.19. The molecule has 0 radical (unpaired) electrons. The van der Waals surface area contributed by atoms with E-state index in [1.54, 1.807) is 0 Å². The first kappa shape index (κ1) is 7.25. The quantitative estimate of drug-likeness (QED) is 0.522. The van der Waals surface area contributed by atoms with Crippen LogP contribution in [0, 0.1) is 0 Å². The van der Waals surface area contributed by atoms with E-state index in [4.69, 9.17) is 9.47 Å². The minimum absolute atomic E-state index is 0.0255. The summed E-state index contributed by atoms with van der Waals surface area (Å²) >= 11 is 0. The molecule has 1 aliphatic heterocycles. The van der Waals surface area contributed by atoms with Gasteiger partial charge in [-0.2, -0.15) is 0 Å². The van der Waals surface area contributed by atoms with Crippen molar-refractivity contribution in [2.24, 2.45) is 0 Å². The maximum atomic E-state index is 10.9. The molecule has 2 rings (SSSR count). The Kier molecular flexibility index (Phi) is 1.35. The lowest BCUT2D eigenvalue weighted by atomic mass is 10.3. The zero-order chi connectivity index (χ0) is 8.06. The molecule has 0 amide bonds. The molecule has 2 aliphatic rings. The summed E-state index contributed by atoms with van der Waals surface area (Å²) in [6.45, 7) is 3.77. The Morgan fingerprint density at radius 3 is 2.18 bits per heavy atom. The number of ether oxygens (including phenoxy) is 2. The van der Waals surface area contributed by atoms with Crippen LogP contribution in [0.25, 0.3) is 0 Å². The van der Waals surface area contributed by atoms with Crippen LogP contribution in [-0.4, -0.2) is 23.8 Å². The van der Waals surface area contributed by atoms with Gasteiger partial charge in [0.2, 0.25) is 0 Å². The maximum absolute atomic E-state index is 10.9. The molecule has 1 heterocycles. The number of ketones is 1. The topological polar surface area (TPSA) is 35.5 Å². The van der Waals surface area contributed by atoms with Crippen molar-refractivity contribution in [2.75, 3.05) is 0 Å². The first-order valence-electron chi connectivity index (χ1n) is 3.94. The lowest BCUT2D eigenvalue weighted by molar-refractivity contribution is -0.155. The van der Waals surface area contributed by atoms with Crippen LogP contribution in [0.15, 0.2) is 0 Å². The van der Waals surface area contributed by atoms with E-state index < -0.39 is 5.79 Å². The first-order chi connectivity index (χ1) is 5.07. The van der Waals surface area contributed by atoms with Gasteiger partial charge in [-0.15, -0.1) is 0 Å². The Bertz CT molecular complexity index is 180. The van der Waals surface area contributed by atoms with Gasteiger partial charge >= 0.3 is 0 Å². The van der Waals surface area contributed by atoms with Crippen molar-refractivity contribution in [2.45, 2.75) is 44.7 Å². The van der Waals surface area contributed by atoms with Crippen LogP contribution in [0.1, 0.15) is 26.7 Å². The molecule has 0 aromatic heterocycles. The van der Waals surface area contributed by atoms with Crippen LogP contribution in [0.5, 0.6) is 0 Å². The average molecular weight is 156 g/mol. The molecule has 3 heteroatoms. The highest BCUT2D eigenvalue weighted by atomic mass is 16.8. The van der Waals surface area contributed by atoms with Gasteiger partial charge in [-0.05, 0) is 13.8 Å². The standard InChI is InChI=1S/C8H12O3/c1-8(2)10-6-3-5(9)4-7(6)11-8/h6-7H,3-4H2,1-2H3. The molecule has 11 heavy (non-hydrogen) atoms. The zero-order valence-corrected chi connectivity index (χ0v) is 6.79. The molecule has 2 fully saturated rings. The summed E-state index contributed by atoms with van der Waals surface area (Å²) in [6, 6.07) is 0. The molecule has 0 aromatic rings. The molecule has 0 bridgehead atoms. The fourth-order valence-electron chi connectivity index (χ4n) is 1.79. The maximum Gasteiger partial charge on any atom is 0.163 e. The number of hydrogen-bond acceptors (Lipinski definition) is 3. The molecule has 2 atom stereocenters. The second-order valence-electron chi connectivity index (χ2n) is 3.66. The Hall–Kier alpha value is -0.410. The highest BCUT2D eigenvalue weighted by Crippen LogP contribution is 2.36. The van der Waals surface area contributed by atoms with Gasteiger partial charge in [-0.25, -0.2) is 0 Å². The molecule has 2 unspecified atom stereocenters. The van der Waals surface area contributed by atoms with Crippen LogP contribution >= 0.6 is 0 Å². The second kappa shape index (κ2) is 2.05. The van der Waals surface area contributed by atoms with Crippen molar-refractivity contribution in [3.8, 4) is 0 Å². The van der Waals surface area contributed by atoms with Crippen molar-refractivity contribution < 1.29 is 14.3 Å². The summed E-state index contributed by atoms with van der Waals surface area (Å²) in [5, 5.41) is 0. The molecule has 0 spiro atoms. The number of hydrogen-bond donors (Lipinski definition) is 0. The third-order valence-electron chi connectivity index (χ3n) is 2.14. The van der Waals surface area contributed by atoms with E-state index in [-0.39, 0.29) is 18.0 Å². The number of Topliss-reactive ketones (excluding diaryl/α,β-unsaturated/α-hetero) is 1. The predicted molar refractivity (Wildman–Crippen MR) is 38.1 cm³/mol. The second-order valence-corrected chi connectivity index (χ2v) is 3.66. The van der Waals surface area contributed by atoms with Crippen molar-refractivity contribution in [1.29, 1.82) is 0 Å². The van der Waals surface area contributed by atoms with Gasteiger partial charge in [0.05, 0.1) is 12.2 Å². The fourth-order valence-corrected chi connectivity index (χ4v) is 1.79. The molecule has 3 nitrogen and oxygen atoms in total. The predicted octanol–water partition coefficient (Wildman–Crippen LogP) is 0.869. The van der Waals surface area contributed by atoms with Crippen molar-refractivity contribution in [3.63, 3.8) is 0 Å². The molecule has 1 saturated heterocycles. The summed E-state index contributed by atoms with van der Waals surface area (Å²) < 4.78 is 11.0. The van der Waals surface area contributed by atoms with Gasteiger partial charge in [0.1, 0.15) is 5.78 Å². The average Bonchev–Trinajstić information content (AvgIpc) is 2.17.